The van der Waals surface area contributed by atoms with Gasteiger partial charge in [-0.2, -0.15) is 4.31 Å². The molecule has 8 nitrogen and oxygen atoms in total. The van der Waals surface area contributed by atoms with Gasteiger partial charge in [-0.25, -0.2) is 13.2 Å². The fourth-order valence-corrected chi connectivity index (χ4v) is 5.84. The lowest BCUT2D eigenvalue weighted by molar-refractivity contribution is 0.0689. The summed E-state index contributed by atoms with van der Waals surface area (Å²) in [6.07, 6.45) is 0.791. The van der Waals surface area contributed by atoms with Crippen LogP contribution < -0.4 is 14.2 Å². The van der Waals surface area contributed by atoms with Crippen LogP contribution in [0.4, 0.5) is 0 Å². The van der Waals surface area contributed by atoms with Crippen molar-refractivity contribution in [3.05, 3.63) is 82.3 Å². The Bertz CT molecular complexity index is 1350. The van der Waals surface area contributed by atoms with E-state index in [9.17, 15) is 18.3 Å². The summed E-state index contributed by atoms with van der Waals surface area (Å²) in [4.78, 5) is 12.0. The molecule has 1 aliphatic rings. The second kappa shape index (κ2) is 12.0. The number of benzene rings is 3. The van der Waals surface area contributed by atoms with Crippen molar-refractivity contribution in [3.8, 4) is 17.2 Å². The number of carboxylic acids is 1. The summed E-state index contributed by atoms with van der Waals surface area (Å²) in [6.45, 7) is 0.831. The van der Waals surface area contributed by atoms with Gasteiger partial charge in [0.25, 0.3) is 0 Å². The molecule has 0 spiro atoms. The van der Waals surface area contributed by atoms with Crippen LogP contribution in [0.15, 0.2) is 71.6 Å². The highest BCUT2D eigenvalue weighted by atomic mass is 35.5. The van der Waals surface area contributed by atoms with E-state index in [1.54, 1.807) is 42.5 Å². The molecule has 1 atom stereocenters. The first-order valence-corrected chi connectivity index (χ1v) is 13.7. The van der Waals surface area contributed by atoms with E-state index >= 15 is 0 Å². The number of piperidine rings is 1. The predicted molar refractivity (Wildman–Crippen MR) is 140 cm³/mol. The van der Waals surface area contributed by atoms with E-state index in [1.165, 1.54) is 28.6 Å². The van der Waals surface area contributed by atoms with Crippen molar-refractivity contribution in [3.63, 3.8) is 0 Å². The zero-order chi connectivity index (χ0) is 26.4. The minimum Gasteiger partial charge on any atom is -0.490 e. The summed E-state index contributed by atoms with van der Waals surface area (Å²) >= 11 is 11.8. The first-order chi connectivity index (χ1) is 17.7. The molecule has 0 amide bonds. The lowest BCUT2D eigenvalue weighted by Crippen LogP contribution is -2.44. The van der Waals surface area contributed by atoms with Gasteiger partial charge >= 0.3 is 5.97 Å². The Kier molecular flexibility index (Phi) is 8.81. The van der Waals surface area contributed by atoms with Gasteiger partial charge in [-0.05, 0) is 73.5 Å². The van der Waals surface area contributed by atoms with Crippen LogP contribution in [0.3, 0.4) is 0 Å². The summed E-state index contributed by atoms with van der Waals surface area (Å²) in [7, 11) is -3.74. The highest BCUT2D eigenvalue weighted by Crippen LogP contribution is 2.28. The summed E-state index contributed by atoms with van der Waals surface area (Å²) < 4.78 is 44.7. The van der Waals surface area contributed by atoms with Crippen LogP contribution in [0, 0.1) is 0 Å². The second-order valence-corrected chi connectivity index (χ2v) is 11.1. The molecule has 4 rings (SSSR count). The Morgan fingerprint density at radius 1 is 0.946 bits per heavy atom. The summed E-state index contributed by atoms with van der Waals surface area (Å²) in [6, 6.07) is 17.5. The SMILES string of the molecule is O=C(O)c1cc(O[C@H]2CCCN(S(=O)(=O)c3cccc(Cl)c3)C2)ccc1OCCOc1ccc(Cl)cc1. The smallest absolute Gasteiger partial charge is 0.339 e. The molecule has 1 aliphatic heterocycles. The van der Waals surface area contributed by atoms with Crippen LogP contribution in [-0.4, -0.2) is 56.2 Å². The van der Waals surface area contributed by atoms with E-state index in [2.05, 4.69) is 0 Å². The molecular formula is C26H25Cl2NO7S. The Morgan fingerprint density at radius 3 is 2.41 bits per heavy atom. The van der Waals surface area contributed by atoms with Crippen LogP contribution in [-0.2, 0) is 10.0 Å². The number of halogens is 2. The average molecular weight is 566 g/mol. The fraction of sp³-hybridized carbons (Fsp3) is 0.269. The number of hydrogen-bond donors (Lipinski definition) is 1. The van der Waals surface area contributed by atoms with Crippen LogP contribution in [0.2, 0.25) is 10.0 Å². The van der Waals surface area contributed by atoms with Gasteiger partial charge in [0, 0.05) is 16.6 Å². The molecule has 3 aromatic rings. The highest BCUT2D eigenvalue weighted by molar-refractivity contribution is 7.89. The van der Waals surface area contributed by atoms with Gasteiger partial charge in [0.15, 0.2) is 0 Å². The van der Waals surface area contributed by atoms with Gasteiger partial charge in [-0.15, -0.1) is 0 Å². The third-order valence-corrected chi connectivity index (χ3v) is 8.03. The molecule has 37 heavy (non-hydrogen) atoms. The minimum absolute atomic E-state index is 0.0665. The molecule has 0 radical (unpaired) electrons. The standard InChI is InChI=1S/C26H25Cl2NO7S/c27-18-6-8-20(9-7-18)34-13-14-35-25-11-10-21(16-24(25)26(30)31)36-22-4-2-12-29(17-22)37(32,33)23-5-1-3-19(28)15-23/h1,3,5-11,15-16,22H,2,4,12-14,17H2,(H,30,31)/t22-/m0/s1. The maximum absolute atomic E-state index is 13.1. The van der Waals surface area contributed by atoms with Gasteiger partial charge < -0.3 is 19.3 Å². The summed E-state index contributed by atoms with van der Waals surface area (Å²) in [5.74, 6) is -0.0653. The molecule has 0 aromatic heterocycles. The molecule has 196 valence electrons. The molecule has 3 aromatic carbocycles. The van der Waals surface area contributed by atoms with Crippen molar-refractivity contribution in [2.45, 2.75) is 23.8 Å². The van der Waals surface area contributed by atoms with Crippen molar-refractivity contribution in [2.75, 3.05) is 26.3 Å². The molecule has 0 bridgehead atoms. The van der Waals surface area contributed by atoms with E-state index in [0.29, 0.717) is 40.9 Å². The number of aromatic carboxylic acids is 1. The highest BCUT2D eigenvalue weighted by Gasteiger charge is 2.31. The Hall–Kier alpha value is -2.98. The number of rotatable bonds is 10. The fourth-order valence-electron chi connectivity index (χ4n) is 3.91. The van der Waals surface area contributed by atoms with Crippen molar-refractivity contribution in [2.24, 2.45) is 0 Å². The maximum Gasteiger partial charge on any atom is 0.339 e. The van der Waals surface area contributed by atoms with Crippen molar-refractivity contribution in [1.29, 1.82) is 0 Å². The van der Waals surface area contributed by atoms with Gasteiger partial charge in [-0.1, -0.05) is 29.3 Å². The quantitative estimate of drug-likeness (QED) is 0.329. The zero-order valence-corrected chi connectivity index (χ0v) is 22.0. The first-order valence-electron chi connectivity index (χ1n) is 11.5. The van der Waals surface area contributed by atoms with Gasteiger partial charge in [0.05, 0.1) is 11.4 Å². The number of hydrogen-bond acceptors (Lipinski definition) is 6. The Balaban J connectivity index is 1.38. The van der Waals surface area contributed by atoms with E-state index in [1.807, 2.05) is 0 Å². The van der Waals surface area contributed by atoms with E-state index in [4.69, 9.17) is 37.4 Å². The molecule has 0 aliphatic carbocycles. The first kappa shape index (κ1) is 27.1. The number of carboxylic acid groups (broad SMARTS) is 1. The van der Waals surface area contributed by atoms with Crippen molar-refractivity contribution in [1.82, 2.24) is 4.31 Å². The molecule has 0 unspecified atom stereocenters. The summed E-state index contributed by atoms with van der Waals surface area (Å²) in [5, 5.41) is 10.6. The molecule has 1 heterocycles. The molecule has 1 saturated heterocycles. The lowest BCUT2D eigenvalue weighted by Gasteiger charge is -2.32. The topological polar surface area (TPSA) is 102 Å². The van der Waals surface area contributed by atoms with Gasteiger partial charge in [-0.3, -0.25) is 0 Å². The minimum atomic E-state index is -3.74. The molecule has 0 saturated carbocycles. The van der Waals surface area contributed by atoms with E-state index in [-0.39, 0.29) is 36.0 Å². The predicted octanol–water partition coefficient (Wildman–Crippen LogP) is 5.38. The van der Waals surface area contributed by atoms with E-state index < -0.39 is 22.1 Å². The Morgan fingerprint density at radius 2 is 1.68 bits per heavy atom. The molecule has 1 fully saturated rings. The van der Waals surface area contributed by atoms with Crippen molar-refractivity contribution < 1.29 is 32.5 Å². The number of carbonyl (C=O) groups is 1. The number of sulfonamides is 1. The van der Waals surface area contributed by atoms with Crippen LogP contribution in [0.5, 0.6) is 17.2 Å². The number of ether oxygens (including phenoxy) is 3. The van der Waals surface area contributed by atoms with Crippen LogP contribution in [0.25, 0.3) is 0 Å². The van der Waals surface area contributed by atoms with Gasteiger partial charge in [0.1, 0.15) is 42.1 Å². The maximum atomic E-state index is 13.1. The normalized spacial score (nSPS) is 16.2. The Labute approximate surface area is 225 Å². The number of nitrogens with zero attached hydrogens (tertiary/aromatic N) is 1. The third kappa shape index (κ3) is 7.07. The third-order valence-electron chi connectivity index (χ3n) is 5.68. The van der Waals surface area contributed by atoms with Crippen molar-refractivity contribution >= 4 is 39.2 Å². The zero-order valence-electron chi connectivity index (χ0n) is 19.7. The summed E-state index contributed by atoms with van der Waals surface area (Å²) in [5.41, 5.74) is -0.0665. The average Bonchev–Trinajstić information content (AvgIpc) is 2.88. The largest absolute Gasteiger partial charge is 0.490 e. The second-order valence-electron chi connectivity index (χ2n) is 8.32. The monoisotopic (exact) mass is 565 g/mol. The molecular weight excluding hydrogens is 541 g/mol. The molecule has 1 N–H and O–H groups in total. The van der Waals surface area contributed by atoms with Gasteiger partial charge in [0.2, 0.25) is 10.0 Å². The van der Waals surface area contributed by atoms with E-state index in [0.717, 1.165) is 0 Å². The molecule has 11 heteroatoms. The van der Waals surface area contributed by atoms with Crippen LogP contribution >= 0.6 is 23.2 Å². The van der Waals surface area contributed by atoms with Crippen LogP contribution in [0.1, 0.15) is 23.2 Å². The lowest BCUT2D eigenvalue weighted by atomic mass is 10.1.